The quantitative estimate of drug-likeness (QED) is 0.894. The Balaban J connectivity index is 1.63. The Labute approximate surface area is 151 Å². The average molecular weight is 357 g/mol. The third-order valence-corrected chi connectivity index (χ3v) is 4.89. The smallest absolute Gasteiger partial charge is 0.314 e. The van der Waals surface area contributed by atoms with Crippen molar-refractivity contribution in [2.24, 2.45) is 0 Å². The molecule has 1 fully saturated rings. The van der Waals surface area contributed by atoms with Crippen LogP contribution in [0, 0.1) is 5.82 Å². The number of benzene rings is 2. The van der Waals surface area contributed by atoms with Gasteiger partial charge in [0.05, 0.1) is 5.41 Å². The standard InChI is InChI=1S/C20H20FNO4/c21-16-8-4-5-9-17(16)26-14-18(23)22-12-10-20(11-13-22,19(24)25)15-6-2-1-3-7-15/h1-9H,10-14H2,(H,24,25). The van der Waals surface area contributed by atoms with Crippen LogP contribution in [0.15, 0.2) is 54.6 Å². The molecule has 0 aromatic heterocycles. The molecule has 26 heavy (non-hydrogen) atoms. The number of carbonyl (C=O) groups is 2. The summed E-state index contributed by atoms with van der Waals surface area (Å²) in [5.74, 6) is -1.64. The molecule has 1 aliphatic heterocycles. The number of hydrogen-bond donors (Lipinski definition) is 1. The number of piperidine rings is 1. The van der Waals surface area contributed by atoms with Crippen LogP contribution in [0.4, 0.5) is 4.39 Å². The zero-order valence-electron chi connectivity index (χ0n) is 14.2. The van der Waals surface area contributed by atoms with Gasteiger partial charge in [-0.15, -0.1) is 0 Å². The summed E-state index contributed by atoms with van der Waals surface area (Å²) in [4.78, 5) is 25.8. The predicted molar refractivity (Wildman–Crippen MR) is 93.5 cm³/mol. The van der Waals surface area contributed by atoms with Crippen LogP contribution in [0.3, 0.4) is 0 Å². The summed E-state index contributed by atoms with van der Waals surface area (Å²) < 4.78 is 18.8. The van der Waals surface area contributed by atoms with E-state index >= 15 is 0 Å². The molecule has 1 amide bonds. The fraction of sp³-hybridized carbons (Fsp3) is 0.300. The molecular formula is C20H20FNO4. The molecule has 0 spiro atoms. The van der Waals surface area contributed by atoms with E-state index in [0.717, 1.165) is 5.56 Å². The lowest BCUT2D eigenvalue weighted by atomic mass is 9.73. The predicted octanol–water partition coefficient (Wildman–Crippen LogP) is 2.85. The number of carboxylic acids is 1. The third kappa shape index (κ3) is 3.54. The first-order valence-corrected chi connectivity index (χ1v) is 8.47. The number of ether oxygens (including phenoxy) is 1. The summed E-state index contributed by atoms with van der Waals surface area (Å²) in [6.45, 7) is 0.369. The number of carbonyl (C=O) groups excluding carboxylic acids is 1. The number of hydrogen-bond acceptors (Lipinski definition) is 3. The first-order valence-electron chi connectivity index (χ1n) is 8.47. The molecule has 0 unspecified atom stereocenters. The van der Waals surface area contributed by atoms with Gasteiger partial charge in [-0.2, -0.15) is 0 Å². The molecule has 0 aliphatic carbocycles. The zero-order valence-corrected chi connectivity index (χ0v) is 14.2. The van der Waals surface area contributed by atoms with Crippen LogP contribution in [0.5, 0.6) is 5.75 Å². The maximum atomic E-state index is 13.5. The SMILES string of the molecule is O=C(COc1ccccc1F)N1CCC(C(=O)O)(c2ccccc2)CC1. The lowest BCUT2D eigenvalue weighted by Gasteiger charge is -2.39. The van der Waals surface area contributed by atoms with Gasteiger partial charge in [0.2, 0.25) is 0 Å². The summed E-state index contributed by atoms with van der Waals surface area (Å²) in [6.07, 6.45) is 0.662. The van der Waals surface area contributed by atoms with Crippen LogP contribution in [0.25, 0.3) is 0 Å². The van der Waals surface area contributed by atoms with Gasteiger partial charge < -0.3 is 14.7 Å². The molecule has 1 N–H and O–H groups in total. The monoisotopic (exact) mass is 357 g/mol. The van der Waals surface area contributed by atoms with E-state index in [4.69, 9.17) is 4.74 Å². The van der Waals surface area contributed by atoms with Gasteiger partial charge in [0.25, 0.3) is 5.91 Å². The van der Waals surface area contributed by atoms with Crippen molar-refractivity contribution in [2.45, 2.75) is 18.3 Å². The second-order valence-corrected chi connectivity index (χ2v) is 6.35. The number of halogens is 1. The van der Waals surface area contributed by atoms with Crippen LogP contribution in [0.1, 0.15) is 18.4 Å². The van der Waals surface area contributed by atoms with E-state index in [1.165, 1.54) is 12.1 Å². The number of likely N-dealkylation sites (tertiary alicyclic amines) is 1. The van der Waals surface area contributed by atoms with Crippen molar-refractivity contribution < 1.29 is 23.8 Å². The Hall–Kier alpha value is -2.89. The number of para-hydroxylation sites is 1. The first-order chi connectivity index (χ1) is 12.5. The highest BCUT2D eigenvalue weighted by Gasteiger charge is 2.43. The van der Waals surface area contributed by atoms with Crippen molar-refractivity contribution >= 4 is 11.9 Å². The normalized spacial score (nSPS) is 16.1. The fourth-order valence-corrected chi connectivity index (χ4v) is 3.31. The van der Waals surface area contributed by atoms with Crippen molar-refractivity contribution in [3.63, 3.8) is 0 Å². The molecule has 136 valence electrons. The van der Waals surface area contributed by atoms with E-state index in [0.29, 0.717) is 25.9 Å². The molecule has 6 heteroatoms. The Morgan fingerprint density at radius 1 is 1.04 bits per heavy atom. The minimum Gasteiger partial charge on any atom is -0.481 e. The highest BCUT2D eigenvalue weighted by Crippen LogP contribution is 2.36. The van der Waals surface area contributed by atoms with Gasteiger partial charge in [-0.25, -0.2) is 4.39 Å². The Morgan fingerprint density at radius 2 is 1.65 bits per heavy atom. The Bertz CT molecular complexity index is 785. The van der Waals surface area contributed by atoms with Crippen molar-refractivity contribution in [3.8, 4) is 5.75 Å². The largest absolute Gasteiger partial charge is 0.481 e. The molecule has 0 saturated carbocycles. The average Bonchev–Trinajstić information content (AvgIpc) is 2.67. The van der Waals surface area contributed by atoms with Crippen LogP contribution in [0.2, 0.25) is 0 Å². The lowest BCUT2D eigenvalue weighted by molar-refractivity contribution is -0.148. The fourth-order valence-electron chi connectivity index (χ4n) is 3.31. The van der Waals surface area contributed by atoms with E-state index in [1.807, 2.05) is 30.3 Å². The highest BCUT2D eigenvalue weighted by molar-refractivity contribution is 5.83. The van der Waals surface area contributed by atoms with Crippen LogP contribution >= 0.6 is 0 Å². The van der Waals surface area contributed by atoms with Gasteiger partial charge in [-0.05, 0) is 30.5 Å². The van der Waals surface area contributed by atoms with Gasteiger partial charge in [-0.3, -0.25) is 9.59 Å². The topological polar surface area (TPSA) is 66.8 Å². The van der Waals surface area contributed by atoms with Gasteiger partial charge in [-0.1, -0.05) is 42.5 Å². The number of amides is 1. The summed E-state index contributed by atoms with van der Waals surface area (Å²) in [5, 5.41) is 9.78. The molecule has 0 atom stereocenters. The number of nitrogens with zero attached hydrogens (tertiary/aromatic N) is 1. The second-order valence-electron chi connectivity index (χ2n) is 6.35. The Kier molecular flexibility index (Phi) is 5.21. The van der Waals surface area contributed by atoms with Gasteiger partial charge in [0.15, 0.2) is 18.2 Å². The minimum absolute atomic E-state index is 0.0297. The van der Waals surface area contributed by atoms with Crippen LogP contribution in [-0.4, -0.2) is 41.6 Å². The first kappa shape index (κ1) is 17.9. The van der Waals surface area contributed by atoms with E-state index in [2.05, 4.69) is 0 Å². The number of aliphatic carboxylic acids is 1. The molecule has 3 rings (SSSR count). The zero-order chi connectivity index (χ0) is 18.6. The summed E-state index contributed by atoms with van der Waals surface area (Å²) >= 11 is 0. The maximum absolute atomic E-state index is 13.5. The maximum Gasteiger partial charge on any atom is 0.314 e. The molecule has 0 bridgehead atoms. The van der Waals surface area contributed by atoms with Gasteiger partial charge >= 0.3 is 5.97 Å². The van der Waals surface area contributed by atoms with Crippen molar-refractivity contribution in [1.82, 2.24) is 4.90 Å². The van der Waals surface area contributed by atoms with Crippen LogP contribution in [-0.2, 0) is 15.0 Å². The van der Waals surface area contributed by atoms with Crippen molar-refractivity contribution in [3.05, 3.63) is 66.0 Å². The third-order valence-electron chi connectivity index (χ3n) is 4.89. The summed E-state index contributed by atoms with van der Waals surface area (Å²) in [6, 6.07) is 15.0. The highest BCUT2D eigenvalue weighted by atomic mass is 19.1. The van der Waals surface area contributed by atoms with Crippen LogP contribution < -0.4 is 4.74 Å². The van der Waals surface area contributed by atoms with E-state index in [-0.39, 0.29) is 18.3 Å². The lowest BCUT2D eigenvalue weighted by Crippen LogP contribution is -2.50. The number of rotatable bonds is 5. The van der Waals surface area contributed by atoms with Crippen molar-refractivity contribution in [2.75, 3.05) is 19.7 Å². The van der Waals surface area contributed by atoms with E-state index in [1.54, 1.807) is 17.0 Å². The summed E-state index contributed by atoms with van der Waals surface area (Å²) in [5.41, 5.74) is -0.230. The number of carboxylic acid groups (broad SMARTS) is 1. The van der Waals surface area contributed by atoms with Gasteiger partial charge in [0.1, 0.15) is 0 Å². The molecule has 1 saturated heterocycles. The molecular weight excluding hydrogens is 337 g/mol. The van der Waals surface area contributed by atoms with Crippen molar-refractivity contribution in [1.29, 1.82) is 0 Å². The van der Waals surface area contributed by atoms with E-state index in [9.17, 15) is 19.1 Å². The summed E-state index contributed by atoms with van der Waals surface area (Å²) in [7, 11) is 0. The molecule has 2 aromatic rings. The molecule has 5 nitrogen and oxygen atoms in total. The van der Waals surface area contributed by atoms with Gasteiger partial charge in [0, 0.05) is 13.1 Å². The Morgan fingerprint density at radius 3 is 2.27 bits per heavy atom. The molecule has 2 aromatic carbocycles. The molecule has 1 aliphatic rings. The molecule has 1 heterocycles. The second kappa shape index (κ2) is 7.56. The molecule has 0 radical (unpaired) electrons. The van der Waals surface area contributed by atoms with E-state index < -0.39 is 17.2 Å². The minimum atomic E-state index is -0.982.